The largest absolute Gasteiger partial charge is 0.496 e. The van der Waals surface area contributed by atoms with Crippen molar-refractivity contribution < 1.29 is 14.2 Å². The Kier molecular flexibility index (Phi) is 4.40. The van der Waals surface area contributed by atoms with Crippen LogP contribution in [0.4, 0.5) is 0 Å². The first-order valence-corrected chi connectivity index (χ1v) is 8.63. The molecule has 2 unspecified atom stereocenters. The van der Waals surface area contributed by atoms with Gasteiger partial charge in [-0.1, -0.05) is 28.9 Å². The van der Waals surface area contributed by atoms with Crippen LogP contribution in [0.2, 0.25) is 0 Å². The van der Waals surface area contributed by atoms with Crippen molar-refractivity contribution in [2.24, 2.45) is 5.92 Å². The Balaban J connectivity index is 1.90. The van der Waals surface area contributed by atoms with E-state index in [1.54, 1.807) is 18.4 Å². The zero-order chi connectivity index (χ0) is 14.8. The molecule has 3 rings (SSSR count). The smallest absolute Gasteiger partial charge is 0.161 e. The highest BCUT2D eigenvalue weighted by atomic mass is 79.9. The highest BCUT2D eigenvalue weighted by molar-refractivity contribution is 9.09. The molecule has 0 amide bonds. The lowest BCUT2D eigenvalue weighted by Crippen LogP contribution is -2.12. The quantitative estimate of drug-likeness (QED) is 0.738. The number of hydrogen-bond acceptors (Lipinski definition) is 4. The molecule has 21 heavy (non-hydrogen) atoms. The SMILES string of the molecule is COc1ccsc1C(Br)c1ccc2c(c1)OCC(C)CO2. The summed E-state index contributed by atoms with van der Waals surface area (Å²) in [7, 11) is 1.70. The molecule has 3 nitrogen and oxygen atoms in total. The lowest BCUT2D eigenvalue weighted by Gasteiger charge is -2.14. The van der Waals surface area contributed by atoms with Crippen LogP contribution in [0.15, 0.2) is 29.6 Å². The average Bonchev–Trinajstić information content (AvgIpc) is 2.91. The monoisotopic (exact) mass is 368 g/mol. The highest BCUT2D eigenvalue weighted by Crippen LogP contribution is 2.43. The maximum atomic E-state index is 5.85. The molecule has 5 heteroatoms. The van der Waals surface area contributed by atoms with Gasteiger partial charge in [-0.2, -0.15) is 0 Å². The van der Waals surface area contributed by atoms with E-state index < -0.39 is 0 Å². The van der Waals surface area contributed by atoms with Crippen LogP contribution in [0.3, 0.4) is 0 Å². The Morgan fingerprint density at radius 1 is 1.24 bits per heavy atom. The van der Waals surface area contributed by atoms with E-state index in [4.69, 9.17) is 14.2 Å². The van der Waals surface area contributed by atoms with Crippen LogP contribution in [-0.2, 0) is 0 Å². The number of halogens is 1. The second kappa shape index (κ2) is 6.28. The van der Waals surface area contributed by atoms with Crippen LogP contribution >= 0.6 is 27.3 Å². The fraction of sp³-hybridized carbons (Fsp3) is 0.375. The molecule has 2 aromatic rings. The van der Waals surface area contributed by atoms with Crippen LogP contribution in [0, 0.1) is 5.92 Å². The van der Waals surface area contributed by atoms with E-state index in [1.807, 2.05) is 23.6 Å². The fourth-order valence-corrected chi connectivity index (χ4v) is 3.94. The molecule has 2 heterocycles. The minimum absolute atomic E-state index is 0.0852. The molecule has 0 saturated carbocycles. The predicted molar refractivity (Wildman–Crippen MR) is 88.2 cm³/mol. The zero-order valence-corrected chi connectivity index (χ0v) is 14.4. The Labute approximate surface area is 137 Å². The third kappa shape index (κ3) is 3.04. The summed E-state index contributed by atoms with van der Waals surface area (Å²) >= 11 is 5.43. The number of alkyl halides is 1. The van der Waals surface area contributed by atoms with Crippen LogP contribution in [-0.4, -0.2) is 20.3 Å². The van der Waals surface area contributed by atoms with Gasteiger partial charge in [-0.15, -0.1) is 11.3 Å². The second-order valence-electron chi connectivity index (χ2n) is 5.15. The van der Waals surface area contributed by atoms with E-state index in [0.29, 0.717) is 19.1 Å². The second-order valence-corrected chi connectivity index (χ2v) is 7.01. The van der Waals surface area contributed by atoms with Crippen molar-refractivity contribution in [3.63, 3.8) is 0 Å². The summed E-state index contributed by atoms with van der Waals surface area (Å²) < 4.78 is 17.0. The lowest BCUT2D eigenvalue weighted by atomic mass is 10.1. The molecule has 0 saturated heterocycles. The van der Waals surface area contributed by atoms with Gasteiger partial charge in [0.2, 0.25) is 0 Å². The number of rotatable bonds is 3. The summed E-state index contributed by atoms with van der Waals surface area (Å²) in [5.41, 5.74) is 1.13. The first-order valence-electron chi connectivity index (χ1n) is 6.84. The normalized spacial score (nSPS) is 18.9. The number of fused-ring (bicyclic) bond motifs is 1. The summed E-state index contributed by atoms with van der Waals surface area (Å²) in [6.45, 7) is 3.51. The summed E-state index contributed by atoms with van der Waals surface area (Å²) in [4.78, 5) is 1.24. The van der Waals surface area contributed by atoms with Crippen LogP contribution in [0.1, 0.15) is 22.2 Å². The fourth-order valence-electron chi connectivity index (χ4n) is 2.24. The van der Waals surface area contributed by atoms with Crippen molar-refractivity contribution in [1.82, 2.24) is 0 Å². The van der Waals surface area contributed by atoms with Gasteiger partial charge in [0.1, 0.15) is 5.75 Å². The van der Waals surface area contributed by atoms with Crippen LogP contribution in [0.5, 0.6) is 17.2 Å². The number of benzene rings is 1. The zero-order valence-electron chi connectivity index (χ0n) is 12.0. The van der Waals surface area contributed by atoms with Gasteiger partial charge in [0.25, 0.3) is 0 Å². The van der Waals surface area contributed by atoms with Crippen molar-refractivity contribution in [2.75, 3.05) is 20.3 Å². The van der Waals surface area contributed by atoms with Crippen molar-refractivity contribution in [2.45, 2.75) is 11.8 Å². The van der Waals surface area contributed by atoms with E-state index >= 15 is 0 Å². The summed E-state index contributed by atoms with van der Waals surface area (Å²) in [6.07, 6.45) is 0. The van der Waals surface area contributed by atoms with Crippen LogP contribution in [0.25, 0.3) is 0 Å². The van der Waals surface area contributed by atoms with Crippen molar-refractivity contribution in [3.05, 3.63) is 40.1 Å². The van der Waals surface area contributed by atoms with Gasteiger partial charge < -0.3 is 14.2 Å². The standard InChI is InChI=1S/C16H17BrO3S/c1-10-8-19-12-4-3-11(7-14(12)20-9-10)15(17)16-13(18-2)5-6-21-16/h3-7,10,15H,8-9H2,1-2H3. The lowest BCUT2D eigenvalue weighted by molar-refractivity contribution is 0.228. The summed E-state index contributed by atoms with van der Waals surface area (Å²) in [5, 5.41) is 2.03. The number of ether oxygens (including phenoxy) is 3. The molecule has 0 N–H and O–H groups in total. The van der Waals surface area contributed by atoms with Gasteiger partial charge >= 0.3 is 0 Å². The summed E-state index contributed by atoms with van der Waals surface area (Å²) in [6, 6.07) is 8.08. The van der Waals surface area contributed by atoms with Crippen molar-refractivity contribution in [1.29, 1.82) is 0 Å². The summed E-state index contributed by atoms with van der Waals surface area (Å²) in [5.74, 6) is 2.94. The Hall–Kier alpha value is -1.20. The molecule has 112 valence electrons. The maximum Gasteiger partial charge on any atom is 0.161 e. The van der Waals surface area contributed by atoms with Gasteiger partial charge in [0, 0.05) is 5.92 Å². The molecule has 0 aliphatic carbocycles. The molecular formula is C16H17BrO3S. The molecule has 0 bridgehead atoms. The minimum atomic E-state index is 0.0852. The molecule has 1 aliphatic heterocycles. The molecular weight excluding hydrogens is 352 g/mol. The molecule has 1 aromatic heterocycles. The third-order valence-electron chi connectivity index (χ3n) is 3.41. The van der Waals surface area contributed by atoms with Gasteiger partial charge in [-0.25, -0.2) is 0 Å². The van der Waals surface area contributed by atoms with Crippen LogP contribution < -0.4 is 14.2 Å². The number of thiophene rings is 1. The molecule has 1 aromatic carbocycles. The van der Waals surface area contributed by atoms with E-state index in [-0.39, 0.29) is 4.83 Å². The third-order valence-corrected chi connectivity index (χ3v) is 5.67. The molecule has 0 spiro atoms. The highest BCUT2D eigenvalue weighted by Gasteiger charge is 2.20. The minimum Gasteiger partial charge on any atom is -0.496 e. The molecule has 0 radical (unpaired) electrons. The van der Waals surface area contributed by atoms with E-state index in [2.05, 4.69) is 28.9 Å². The molecule has 0 fully saturated rings. The van der Waals surface area contributed by atoms with Gasteiger partial charge in [-0.05, 0) is 29.1 Å². The Morgan fingerprint density at radius 3 is 2.76 bits per heavy atom. The van der Waals surface area contributed by atoms with E-state index in [9.17, 15) is 0 Å². The Bertz CT molecular complexity index is 626. The predicted octanol–water partition coefficient (Wildman–Crippen LogP) is 4.65. The van der Waals surface area contributed by atoms with E-state index in [0.717, 1.165) is 27.7 Å². The molecule has 2 atom stereocenters. The van der Waals surface area contributed by atoms with Gasteiger partial charge in [0.05, 0.1) is 30.0 Å². The average molecular weight is 369 g/mol. The van der Waals surface area contributed by atoms with Gasteiger partial charge in [-0.3, -0.25) is 0 Å². The van der Waals surface area contributed by atoms with Crippen molar-refractivity contribution >= 4 is 27.3 Å². The topological polar surface area (TPSA) is 27.7 Å². The molecule has 1 aliphatic rings. The maximum absolute atomic E-state index is 5.85. The first kappa shape index (κ1) is 14.7. The first-order chi connectivity index (χ1) is 10.2. The Morgan fingerprint density at radius 2 is 2.00 bits per heavy atom. The number of methoxy groups -OCH3 is 1. The number of hydrogen-bond donors (Lipinski definition) is 0. The van der Waals surface area contributed by atoms with Gasteiger partial charge in [0.15, 0.2) is 11.5 Å². The van der Waals surface area contributed by atoms with E-state index in [1.165, 1.54) is 0 Å². The van der Waals surface area contributed by atoms with Crippen molar-refractivity contribution in [3.8, 4) is 17.2 Å².